The fraction of sp³-hybridized carbons (Fsp3) is 0.364. The average Bonchev–Trinajstić information content (AvgIpc) is 2.24. The summed E-state index contributed by atoms with van der Waals surface area (Å²) in [6.45, 7) is 1.67. The normalized spacial score (nSPS) is 11.2. The Morgan fingerprint density at radius 1 is 1.44 bits per heavy atom. The molecule has 0 aliphatic rings. The lowest BCUT2D eigenvalue weighted by atomic mass is 10.2. The van der Waals surface area contributed by atoms with Gasteiger partial charge < -0.3 is 10.5 Å². The van der Waals surface area contributed by atoms with E-state index < -0.39 is 33.1 Å². The van der Waals surface area contributed by atoms with Crippen LogP contribution in [0.15, 0.2) is 18.2 Å². The van der Waals surface area contributed by atoms with Crippen LogP contribution in [0.25, 0.3) is 0 Å². The summed E-state index contributed by atoms with van der Waals surface area (Å²) in [5.41, 5.74) is 5.14. The van der Waals surface area contributed by atoms with Crippen LogP contribution >= 0.6 is 0 Å². The smallest absolute Gasteiger partial charge is 0.321 e. The third-order valence-corrected chi connectivity index (χ3v) is 3.55. The first kappa shape index (κ1) is 14.4. The summed E-state index contributed by atoms with van der Waals surface area (Å²) >= 11 is 0. The molecule has 1 aromatic carbocycles. The number of ether oxygens (including phenoxy) is 1. The predicted octanol–water partition coefficient (Wildman–Crippen LogP) is 0.886. The summed E-state index contributed by atoms with van der Waals surface area (Å²) in [5.74, 6) is -2.97. The van der Waals surface area contributed by atoms with Crippen LogP contribution < -0.4 is 5.73 Å². The van der Waals surface area contributed by atoms with Crippen molar-refractivity contribution in [1.82, 2.24) is 0 Å². The Labute approximate surface area is 105 Å². The Kier molecular flexibility index (Phi) is 4.66. The third-order valence-electron chi connectivity index (χ3n) is 2.13. The number of rotatable bonds is 5. The van der Waals surface area contributed by atoms with Crippen LogP contribution in [0, 0.1) is 5.82 Å². The number of nitrogen functional groups attached to an aromatic ring is 1. The molecule has 0 unspecified atom stereocenters. The van der Waals surface area contributed by atoms with Crippen molar-refractivity contribution in [2.75, 3.05) is 18.1 Å². The van der Waals surface area contributed by atoms with Gasteiger partial charge >= 0.3 is 5.97 Å². The third kappa shape index (κ3) is 3.99. The minimum Gasteiger partial charge on any atom is -0.465 e. The van der Waals surface area contributed by atoms with Gasteiger partial charge in [-0.1, -0.05) is 12.1 Å². The minimum atomic E-state index is -3.77. The molecule has 2 N–H and O–H groups in total. The van der Waals surface area contributed by atoms with Crippen LogP contribution in [0.2, 0.25) is 0 Å². The van der Waals surface area contributed by atoms with E-state index in [1.54, 1.807) is 6.92 Å². The Hall–Kier alpha value is -1.63. The van der Waals surface area contributed by atoms with Crippen LogP contribution in [0.5, 0.6) is 0 Å². The molecule has 100 valence electrons. The van der Waals surface area contributed by atoms with Crippen molar-refractivity contribution in [1.29, 1.82) is 0 Å². The van der Waals surface area contributed by atoms with Crippen molar-refractivity contribution in [2.45, 2.75) is 12.7 Å². The lowest BCUT2D eigenvalue weighted by Crippen LogP contribution is -2.20. The van der Waals surface area contributed by atoms with Crippen molar-refractivity contribution >= 4 is 21.5 Å². The number of anilines is 1. The van der Waals surface area contributed by atoms with Crippen molar-refractivity contribution < 1.29 is 22.3 Å². The molecule has 0 spiro atoms. The molecule has 0 fully saturated rings. The number of benzene rings is 1. The maximum Gasteiger partial charge on any atom is 0.321 e. The molecule has 0 radical (unpaired) electrons. The standard InChI is InChI=1S/C11H14FNO4S/c1-2-17-10(14)7-18(15,16)6-8-4-3-5-9(13)11(8)12/h3-5H,2,6-7,13H2,1H3. The van der Waals surface area contributed by atoms with Gasteiger partial charge in [0.1, 0.15) is 11.6 Å². The second kappa shape index (κ2) is 5.81. The molecular weight excluding hydrogens is 261 g/mol. The SMILES string of the molecule is CCOC(=O)CS(=O)(=O)Cc1cccc(N)c1F. The van der Waals surface area contributed by atoms with Gasteiger partial charge in [0.15, 0.2) is 9.84 Å². The van der Waals surface area contributed by atoms with Crippen molar-refractivity contribution in [3.8, 4) is 0 Å². The molecule has 0 heterocycles. The maximum absolute atomic E-state index is 13.5. The van der Waals surface area contributed by atoms with Crippen LogP contribution in [0.4, 0.5) is 10.1 Å². The van der Waals surface area contributed by atoms with Gasteiger partial charge in [-0.25, -0.2) is 12.8 Å². The number of sulfone groups is 1. The number of carbonyl (C=O) groups is 1. The van der Waals surface area contributed by atoms with Crippen molar-refractivity contribution in [3.63, 3.8) is 0 Å². The summed E-state index contributed by atoms with van der Waals surface area (Å²) in [7, 11) is -3.77. The van der Waals surface area contributed by atoms with Crippen LogP contribution in [-0.2, 0) is 25.1 Å². The minimum absolute atomic E-state index is 0.0562. The van der Waals surface area contributed by atoms with Crippen LogP contribution in [-0.4, -0.2) is 26.7 Å². The molecule has 0 saturated carbocycles. The van der Waals surface area contributed by atoms with Gasteiger partial charge in [0.25, 0.3) is 0 Å². The summed E-state index contributed by atoms with van der Waals surface area (Å²) in [4.78, 5) is 11.1. The number of hydrogen-bond donors (Lipinski definition) is 1. The first-order valence-corrected chi connectivity index (χ1v) is 7.06. The maximum atomic E-state index is 13.5. The lowest BCUT2D eigenvalue weighted by molar-refractivity contribution is -0.139. The Morgan fingerprint density at radius 2 is 2.11 bits per heavy atom. The molecule has 7 heteroatoms. The summed E-state index contributed by atoms with van der Waals surface area (Å²) in [5, 5.41) is 0. The highest BCUT2D eigenvalue weighted by Crippen LogP contribution is 2.17. The molecule has 0 amide bonds. The van der Waals surface area contributed by atoms with Crippen molar-refractivity contribution in [3.05, 3.63) is 29.6 Å². The van der Waals surface area contributed by atoms with E-state index in [1.807, 2.05) is 0 Å². The average molecular weight is 275 g/mol. The topological polar surface area (TPSA) is 86.5 Å². The zero-order valence-electron chi connectivity index (χ0n) is 9.85. The number of carbonyl (C=O) groups excluding carboxylic acids is 1. The van der Waals surface area contributed by atoms with Crippen LogP contribution in [0.1, 0.15) is 12.5 Å². The van der Waals surface area contributed by atoms with E-state index in [1.165, 1.54) is 18.2 Å². The molecule has 1 aromatic rings. The molecule has 0 atom stereocenters. The quantitative estimate of drug-likeness (QED) is 0.637. The largest absolute Gasteiger partial charge is 0.465 e. The highest BCUT2D eigenvalue weighted by molar-refractivity contribution is 7.91. The predicted molar refractivity (Wildman–Crippen MR) is 64.9 cm³/mol. The summed E-state index contributed by atoms with van der Waals surface area (Å²) in [6.07, 6.45) is 0. The van der Waals surface area contributed by atoms with Crippen LogP contribution in [0.3, 0.4) is 0 Å². The number of nitrogens with two attached hydrogens (primary N) is 1. The first-order valence-electron chi connectivity index (χ1n) is 5.24. The first-order chi connectivity index (χ1) is 8.35. The molecule has 0 aromatic heterocycles. The Balaban J connectivity index is 2.83. The number of halogens is 1. The Morgan fingerprint density at radius 3 is 2.72 bits per heavy atom. The van der Waals surface area contributed by atoms with Gasteiger partial charge in [-0.3, -0.25) is 4.79 Å². The second-order valence-corrected chi connectivity index (χ2v) is 5.72. The van der Waals surface area contributed by atoms with Crippen molar-refractivity contribution in [2.24, 2.45) is 0 Å². The summed E-state index contributed by atoms with van der Waals surface area (Å²) in [6, 6.07) is 4.10. The van der Waals surface area contributed by atoms with E-state index in [0.717, 1.165) is 0 Å². The molecule has 0 saturated heterocycles. The van der Waals surface area contributed by atoms with E-state index in [4.69, 9.17) is 5.73 Å². The van der Waals surface area contributed by atoms with Gasteiger partial charge in [-0.2, -0.15) is 0 Å². The van der Waals surface area contributed by atoms with E-state index in [0.29, 0.717) is 0 Å². The van der Waals surface area contributed by atoms with Gasteiger partial charge in [0, 0.05) is 5.56 Å². The molecule has 1 rings (SSSR count). The molecule has 0 aliphatic heterocycles. The lowest BCUT2D eigenvalue weighted by Gasteiger charge is -2.06. The highest BCUT2D eigenvalue weighted by Gasteiger charge is 2.20. The van der Waals surface area contributed by atoms with E-state index in [-0.39, 0.29) is 17.9 Å². The van der Waals surface area contributed by atoms with E-state index in [2.05, 4.69) is 4.74 Å². The molecule has 5 nitrogen and oxygen atoms in total. The fourth-order valence-corrected chi connectivity index (χ4v) is 2.62. The number of esters is 1. The highest BCUT2D eigenvalue weighted by atomic mass is 32.2. The van der Waals surface area contributed by atoms with E-state index in [9.17, 15) is 17.6 Å². The zero-order chi connectivity index (χ0) is 13.8. The zero-order valence-corrected chi connectivity index (χ0v) is 10.7. The van der Waals surface area contributed by atoms with Gasteiger partial charge in [-0.05, 0) is 13.0 Å². The molecule has 0 bridgehead atoms. The van der Waals surface area contributed by atoms with Gasteiger partial charge in [0.2, 0.25) is 0 Å². The number of hydrogen-bond acceptors (Lipinski definition) is 5. The second-order valence-electron chi connectivity index (χ2n) is 3.66. The summed E-state index contributed by atoms with van der Waals surface area (Å²) < 4.78 is 41.3. The van der Waals surface area contributed by atoms with Gasteiger partial charge in [0.05, 0.1) is 18.0 Å². The molecular formula is C11H14FNO4S. The van der Waals surface area contributed by atoms with Gasteiger partial charge in [-0.15, -0.1) is 0 Å². The monoisotopic (exact) mass is 275 g/mol. The van der Waals surface area contributed by atoms with E-state index >= 15 is 0 Å². The molecule has 0 aliphatic carbocycles. The molecule has 18 heavy (non-hydrogen) atoms. The fourth-order valence-electron chi connectivity index (χ4n) is 1.38. The Bertz CT molecular complexity index is 542.